The molecular formula is C14H27NO. The van der Waals surface area contributed by atoms with E-state index < -0.39 is 0 Å². The lowest BCUT2D eigenvalue weighted by Gasteiger charge is -2.41. The minimum absolute atomic E-state index is 0.159. The molecule has 0 aromatic rings. The molecule has 0 amide bonds. The second-order valence-electron chi connectivity index (χ2n) is 6.08. The lowest BCUT2D eigenvalue weighted by Crippen LogP contribution is -2.38. The predicted octanol–water partition coefficient (Wildman–Crippen LogP) is 2.55. The Morgan fingerprint density at radius 2 is 1.81 bits per heavy atom. The summed E-state index contributed by atoms with van der Waals surface area (Å²) in [5.41, 5.74) is 5.65. The Balaban J connectivity index is 1.89. The average Bonchev–Trinajstić information content (AvgIpc) is 2.36. The van der Waals surface area contributed by atoms with Crippen molar-refractivity contribution >= 4 is 0 Å². The van der Waals surface area contributed by atoms with Gasteiger partial charge in [0.15, 0.2) is 0 Å². The largest absolute Gasteiger partial charge is 0.393 e. The third kappa shape index (κ3) is 2.60. The van der Waals surface area contributed by atoms with Crippen molar-refractivity contribution in [2.45, 2.75) is 58.0 Å². The molecule has 0 radical (unpaired) electrons. The van der Waals surface area contributed by atoms with Crippen LogP contribution in [-0.4, -0.2) is 17.8 Å². The number of aliphatic hydroxyl groups is 1. The normalized spacial score (nSPS) is 38.8. The first-order chi connectivity index (χ1) is 7.72. The van der Waals surface area contributed by atoms with Gasteiger partial charge in [0.05, 0.1) is 6.10 Å². The Hall–Kier alpha value is -0.0800. The SMILES string of the molecule is CC(CN)C(O)C1CCC2CCCCC2C1. The summed E-state index contributed by atoms with van der Waals surface area (Å²) in [6.45, 7) is 2.70. The van der Waals surface area contributed by atoms with E-state index in [4.69, 9.17) is 5.73 Å². The molecule has 5 atom stereocenters. The van der Waals surface area contributed by atoms with Crippen LogP contribution in [-0.2, 0) is 0 Å². The fourth-order valence-electron chi connectivity index (χ4n) is 3.82. The molecule has 0 aromatic carbocycles. The summed E-state index contributed by atoms with van der Waals surface area (Å²) in [6, 6.07) is 0. The van der Waals surface area contributed by atoms with E-state index in [9.17, 15) is 5.11 Å². The molecule has 5 unspecified atom stereocenters. The van der Waals surface area contributed by atoms with Crippen molar-refractivity contribution in [2.24, 2.45) is 29.4 Å². The van der Waals surface area contributed by atoms with Crippen LogP contribution >= 0.6 is 0 Å². The average molecular weight is 225 g/mol. The summed E-state index contributed by atoms with van der Waals surface area (Å²) in [7, 11) is 0. The maximum atomic E-state index is 10.3. The highest BCUT2D eigenvalue weighted by atomic mass is 16.3. The molecular weight excluding hydrogens is 198 g/mol. The Morgan fingerprint density at radius 1 is 1.12 bits per heavy atom. The number of hydrogen-bond donors (Lipinski definition) is 2. The zero-order valence-electron chi connectivity index (χ0n) is 10.6. The van der Waals surface area contributed by atoms with Crippen LogP contribution in [0.3, 0.4) is 0 Å². The summed E-state index contributed by atoms with van der Waals surface area (Å²) in [6.07, 6.45) is 9.38. The molecule has 0 aromatic heterocycles. The van der Waals surface area contributed by atoms with Crippen molar-refractivity contribution in [2.75, 3.05) is 6.54 Å². The predicted molar refractivity (Wildman–Crippen MR) is 67.0 cm³/mol. The van der Waals surface area contributed by atoms with E-state index >= 15 is 0 Å². The van der Waals surface area contributed by atoms with Crippen LogP contribution in [0.25, 0.3) is 0 Å². The van der Waals surface area contributed by atoms with Gasteiger partial charge in [0, 0.05) is 0 Å². The topological polar surface area (TPSA) is 46.2 Å². The highest BCUT2D eigenvalue weighted by molar-refractivity contribution is 4.87. The fourth-order valence-corrected chi connectivity index (χ4v) is 3.82. The summed E-state index contributed by atoms with van der Waals surface area (Å²) >= 11 is 0. The number of rotatable bonds is 3. The molecule has 2 aliphatic carbocycles. The van der Waals surface area contributed by atoms with E-state index in [2.05, 4.69) is 6.92 Å². The van der Waals surface area contributed by atoms with E-state index in [1.54, 1.807) is 0 Å². The first-order valence-electron chi connectivity index (χ1n) is 7.10. The molecule has 0 spiro atoms. The second-order valence-corrected chi connectivity index (χ2v) is 6.08. The van der Waals surface area contributed by atoms with E-state index in [0.717, 1.165) is 11.8 Å². The van der Waals surface area contributed by atoms with Crippen LogP contribution in [0.2, 0.25) is 0 Å². The van der Waals surface area contributed by atoms with Gasteiger partial charge in [0.2, 0.25) is 0 Å². The number of fused-ring (bicyclic) bond motifs is 1. The van der Waals surface area contributed by atoms with Crippen LogP contribution in [0.1, 0.15) is 51.9 Å². The van der Waals surface area contributed by atoms with Crippen LogP contribution in [0, 0.1) is 23.7 Å². The molecule has 0 bridgehead atoms. The smallest absolute Gasteiger partial charge is 0.0606 e. The molecule has 0 heterocycles. The van der Waals surface area contributed by atoms with Gasteiger partial charge < -0.3 is 10.8 Å². The third-order valence-corrected chi connectivity index (χ3v) is 5.02. The lowest BCUT2D eigenvalue weighted by atomic mass is 9.65. The van der Waals surface area contributed by atoms with Gasteiger partial charge in [-0.25, -0.2) is 0 Å². The summed E-state index contributed by atoms with van der Waals surface area (Å²) in [5, 5.41) is 10.3. The third-order valence-electron chi connectivity index (χ3n) is 5.02. The number of hydrogen-bond acceptors (Lipinski definition) is 2. The van der Waals surface area contributed by atoms with Crippen LogP contribution in [0.15, 0.2) is 0 Å². The second kappa shape index (κ2) is 5.50. The Morgan fingerprint density at radius 3 is 2.50 bits per heavy atom. The van der Waals surface area contributed by atoms with Gasteiger partial charge in [-0.05, 0) is 49.5 Å². The monoisotopic (exact) mass is 225 g/mol. The maximum absolute atomic E-state index is 10.3. The summed E-state index contributed by atoms with van der Waals surface area (Å²) in [4.78, 5) is 0. The Labute approximate surface area is 99.6 Å². The molecule has 0 aliphatic heterocycles. The molecule has 16 heavy (non-hydrogen) atoms. The van der Waals surface area contributed by atoms with Crippen molar-refractivity contribution in [3.63, 3.8) is 0 Å². The maximum Gasteiger partial charge on any atom is 0.0606 e. The molecule has 2 nitrogen and oxygen atoms in total. The minimum Gasteiger partial charge on any atom is -0.393 e. The first-order valence-corrected chi connectivity index (χ1v) is 7.10. The molecule has 0 saturated heterocycles. The fraction of sp³-hybridized carbons (Fsp3) is 1.00. The molecule has 2 rings (SSSR count). The molecule has 3 N–H and O–H groups in total. The molecule has 2 heteroatoms. The van der Waals surface area contributed by atoms with Gasteiger partial charge in [-0.1, -0.05) is 32.6 Å². The lowest BCUT2D eigenvalue weighted by molar-refractivity contribution is 0.00777. The Bertz CT molecular complexity index is 219. The highest BCUT2D eigenvalue weighted by Crippen LogP contribution is 2.44. The standard InChI is InChI=1S/C14H27NO/c1-10(9-15)14(16)13-7-6-11-4-2-3-5-12(11)8-13/h10-14,16H,2-9,15H2,1H3. The van der Waals surface area contributed by atoms with Crippen molar-refractivity contribution in [1.29, 1.82) is 0 Å². The van der Waals surface area contributed by atoms with Gasteiger partial charge in [-0.3, -0.25) is 0 Å². The van der Waals surface area contributed by atoms with Crippen molar-refractivity contribution < 1.29 is 5.11 Å². The summed E-state index contributed by atoms with van der Waals surface area (Å²) in [5.74, 6) is 2.68. The van der Waals surface area contributed by atoms with E-state index in [1.165, 1.54) is 44.9 Å². The van der Waals surface area contributed by atoms with Crippen molar-refractivity contribution in [3.8, 4) is 0 Å². The Kier molecular flexibility index (Phi) is 4.26. The van der Waals surface area contributed by atoms with E-state index in [0.29, 0.717) is 12.5 Å². The molecule has 2 saturated carbocycles. The summed E-state index contributed by atoms with van der Waals surface area (Å²) < 4.78 is 0. The van der Waals surface area contributed by atoms with Crippen LogP contribution in [0.5, 0.6) is 0 Å². The highest BCUT2D eigenvalue weighted by Gasteiger charge is 2.35. The number of nitrogens with two attached hydrogens (primary N) is 1. The number of aliphatic hydroxyl groups excluding tert-OH is 1. The molecule has 2 fully saturated rings. The minimum atomic E-state index is -0.159. The van der Waals surface area contributed by atoms with Gasteiger partial charge in [-0.15, -0.1) is 0 Å². The molecule has 2 aliphatic rings. The van der Waals surface area contributed by atoms with Gasteiger partial charge in [0.1, 0.15) is 0 Å². The first kappa shape index (κ1) is 12.4. The van der Waals surface area contributed by atoms with E-state index in [1.807, 2.05) is 0 Å². The zero-order valence-corrected chi connectivity index (χ0v) is 10.6. The quantitative estimate of drug-likeness (QED) is 0.775. The molecule has 94 valence electrons. The van der Waals surface area contributed by atoms with Crippen LogP contribution < -0.4 is 5.73 Å². The zero-order chi connectivity index (χ0) is 11.5. The van der Waals surface area contributed by atoms with Crippen molar-refractivity contribution in [3.05, 3.63) is 0 Å². The van der Waals surface area contributed by atoms with Gasteiger partial charge in [0.25, 0.3) is 0 Å². The van der Waals surface area contributed by atoms with Crippen LogP contribution in [0.4, 0.5) is 0 Å². The van der Waals surface area contributed by atoms with Crippen molar-refractivity contribution in [1.82, 2.24) is 0 Å². The van der Waals surface area contributed by atoms with E-state index in [-0.39, 0.29) is 12.0 Å². The van der Waals surface area contributed by atoms with Gasteiger partial charge in [-0.2, -0.15) is 0 Å². The van der Waals surface area contributed by atoms with Gasteiger partial charge >= 0.3 is 0 Å².